The van der Waals surface area contributed by atoms with E-state index in [4.69, 9.17) is 57.3 Å². The minimum absolute atomic E-state index is 0.0295. The molecule has 0 aromatic carbocycles. The minimum atomic E-state index is -1.33. The van der Waals surface area contributed by atoms with Crippen LogP contribution < -0.4 is 116 Å². The molecule has 0 saturated heterocycles. The number of amides is 11. The van der Waals surface area contributed by atoms with Crippen molar-refractivity contribution in [2.24, 2.45) is 57.3 Å². The van der Waals surface area contributed by atoms with Gasteiger partial charge in [-0.05, 0) is 226 Å². The molecule has 0 aliphatic carbocycles. The van der Waals surface area contributed by atoms with E-state index in [1.165, 1.54) is 0 Å². The molecule has 34 nitrogen and oxygen atoms in total. The number of rotatable bonds is 60. The second-order valence-corrected chi connectivity index (χ2v) is 24.2. The van der Waals surface area contributed by atoms with Crippen LogP contribution in [0.2, 0.25) is 0 Å². The number of carbonyl (C=O) groups is 12. The summed E-state index contributed by atoms with van der Waals surface area (Å²) in [7, 11) is 0. The van der Waals surface area contributed by atoms with E-state index in [-0.39, 0.29) is 96.4 Å². The minimum Gasteiger partial charge on any atom is -0.480 e. The second kappa shape index (κ2) is 56.6. The molecule has 11 amide bonds. The van der Waals surface area contributed by atoms with Crippen LogP contribution in [0, 0.1) is 0 Å². The lowest BCUT2D eigenvalue weighted by Gasteiger charge is -2.28. The van der Waals surface area contributed by atoms with Gasteiger partial charge in [0.2, 0.25) is 65.0 Å². The number of carbonyl (C=O) groups excluding carboxylic acids is 11. The number of unbranched alkanes of at least 4 members (excludes halogenated alkanes) is 9. The van der Waals surface area contributed by atoms with Crippen molar-refractivity contribution in [2.45, 2.75) is 234 Å². The number of aliphatic carboxylic acids is 1. The molecule has 0 spiro atoms. The molecule has 0 rings (SSSR count). The molecule has 0 fully saturated rings. The monoisotopic (exact) mass is 1390 g/mol. The SMILES string of the molecule is NCCCC[C@H](NC(=O)[C@H](CCCCN)NC(=O)[C@H](CCCCN)NC(=O)[C@H](CCCCN)NC(=O)[C@H](CCCCN)NC(=O)[C@H](CCCCN)NC(=O)[C@H](CCCCN)NC(=O)[C@H](CCCCN)NC(=O)[C@@H](N)CCCCN)C(=O)NCC(=O)NCC(=O)N[C@@H](CS)C(=O)O. The number of thiol groups is 1. The van der Waals surface area contributed by atoms with Gasteiger partial charge >= 0.3 is 5.97 Å². The molecule has 10 atom stereocenters. The molecule has 0 radical (unpaired) electrons. The third-order valence-corrected chi connectivity index (χ3v) is 16.0. The van der Waals surface area contributed by atoms with Gasteiger partial charge in [-0.3, -0.25) is 52.7 Å². The second-order valence-electron chi connectivity index (χ2n) is 23.8. The number of carboxylic acid groups (broad SMARTS) is 1. The number of nitrogens with one attached hydrogen (secondary N) is 11. The van der Waals surface area contributed by atoms with E-state index in [2.05, 4.69) is 71.1 Å². The fourth-order valence-corrected chi connectivity index (χ4v) is 10.1. The average molecular weight is 1390 g/mol. The molecular weight excluding hydrogens is 1270 g/mol. The summed E-state index contributed by atoms with van der Waals surface area (Å²) >= 11 is 3.89. The van der Waals surface area contributed by atoms with Crippen LogP contribution in [0.25, 0.3) is 0 Å². The van der Waals surface area contributed by atoms with Gasteiger partial charge in [-0.1, -0.05) is 6.42 Å². The van der Waals surface area contributed by atoms with Crippen molar-refractivity contribution in [1.82, 2.24) is 58.5 Å². The van der Waals surface area contributed by atoms with E-state index in [1.54, 1.807) is 0 Å². The first-order valence-corrected chi connectivity index (χ1v) is 34.9. The van der Waals surface area contributed by atoms with Crippen LogP contribution in [0.5, 0.6) is 0 Å². The van der Waals surface area contributed by atoms with Crippen LogP contribution in [0.15, 0.2) is 0 Å². The normalized spacial score (nSPS) is 14.3. The van der Waals surface area contributed by atoms with Crippen LogP contribution in [-0.2, 0) is 57.5 Å². The molecule has 35 heteroatoms. The van der Waals surface area contributed by atoms with E-state index in [1.807, 2.05) is 0 Å². The van der Waals surface area contributed by atoms with Gasteiger partial charge in [0.15, 0.2) is 0 Å². The van der Waals surface area contributed by atoms with Crippen LogP contribution >= 0.6 is 12.6 Å². The lowest BCUT2D eigenvalue weighted by atomic mass is 10.0. The van der Waals surface area contributed by atoms with Gasteiger partial charge in [-0.15, -0.1) is 0 Å². The zero-order chi connectivity index (χ0) is 72.1. The van der Waals surface area contributed by atoms with Crippen molar-refractivity contribution in [3.8, 4) is 0 Å². The zero-order valence-corrected chi connectivity index (χ0v) is 57.3. The predicted octanol–water partition coefficient (Wildman–Crippen LogP) is -5.92. The highest BCUT2D eigenvalue weighted by Gasteiger charge is 2.35. The molecule has 0 aliphatic rings. The van der Waals surface area contributed by atoms with Crippen molar-refractivity contribution in [1.29, 1.82) is 0 Å². The van der Waals surface area contributed by atoms with Gasteiger partial charge in [0, 0.05) is 5.75 Å². The Morgan fingerprint density at radius 1 is 0.260 bits per heavy atom. The Hall–Kier alpha value is -6.41. The predicted molar refractivity (Wildman–Crippen MR) is 369 cm³/mol. The summed E-state index contributed by atoms with van der Waals surface area (Å²) in [5.74, 6) is -9.73. The Balaban J connectivity index is 7.02. The van der Waals surface area contributed by atoms with Crippen LogP contribution in [0.1, 0.15) is 173 Å². The van der Waals surface area contributed by atoms with Crippen LogP contribution in [-0.4, -0.2) is 214 Å². The largest absolute Gasteiger partial charge is 0.480 e. The molecule has 0 aromatic heterocycles. The molecule has 554 valence electrons. The van der Waals surface area contributed by atoms with E-state index in [9.17, 15) is 62.6 Å². The maximum absolute atomic E-state index is 14.6. The lowest BCUT2D eigenvalue weighted by molar-refractivity contribution is -0.141. The Kier molecular flexibility index (Phi) is 52.8. The molecule has 0 unspecified atom stereocenters. The molecule has 0 aromatic rings. The highest BCUT2D eigenvalue weighted by molar-refractivity contribution is 7.80. The summed E-state index contributed by atoms with van der Waals surface area (Å²) in [5.41, 5.74) is 58.3. The Labute approximate surface area is 571 Å². The maximum atomic E-state index is 14.6. The van der Waals surface area contributed by atoms with E-state index in [0.29, 0.717) is 142 Å². The van der Waals surface area contributed by atoms with E-state index in [0.717, 1.165) is 0 Å². The first-order valence-electron chi connectivity index (χ1n) is 34.2. The summed E-state index contributed by atoms with van der Waals surface area (Å²) in [5, 5.41) is 38.2. The summed E-state index contributed by atoms with van der Waals surface area (Å²) < 4.78 is 0. The van der Waals surface area contributed by atoms with E-state index >= 15 is 0 Å². The molecule has 0 bridgehead atoms. The van der Waals surface area contributed by atoms with E-state index < -0.39 is 144 Å². The summed E-state index contributed by atoms with van der Waals surface area (Å²) in [6, 6.07) is -12.2. The fourth-order valence-electron chi connectivity index (χ4n) is 9.88. The van der Waals surface area contributed by atoms with Crippen molar-refractivity contribution >= 4 is 83.6 Å². The number of hydrogen-bond acceptors (Lipinski definition) is 23. The standard InChI is InChI=1S/C61H121N21O13S/c62-28-10-1-19-40(71)52(85)75-42(21-3-12-30-64)54(87)77-44(23-5-14-32-66)56(89)79-46(25-7-16-34-68)58(91)81-48(27-9-18-36-70)60(93)82-47(26-8-17-35-69)59(92)80-45(24-6-15-33-67)57(90)78-43(22-4-13-31-65)55(88)76-41(20-2-11-29-63)53(86)73-37-50(83)72-38-51(84)74-49(39-96)61(94)95/h40-49,96H,1-39,62-71H2,(H,72,83)(H,73,86)(H,74,84)(H,75,85)(H,76,88)(H,77,87)(H,78,90)(H,79,89)(H,80,92)(H,81,91)(H,82,93)(H,94,95)/t40-,41-,42-,43-,44-,45-,46-,47-,48-,49-/m0/s1. The quantitative estimate of drug-likeness (QED) is 0.0199. The highest BCUT2D eigenvalue weighted by atomic mass is 32.1. The highest BCUT2D eigenvalue weighted by Crippen LogP contribution is 2.14. The Bertz CT molecular complexity index is 2290. The first kappa shape index (κ1) is 89.6. The third kappa shape index (κ3) is 41.0. The molecule has 96 heavy (non-hydrogen) atoms. The Morgan fingerprint density at radius 3 is 0.688 bits per heavy atom. The van der Waals surface area contributed by atoms with Gasteiger partial charge in [-0.2, -0.15) is 12.6 Å². The fraction of sp³-hybridized carbons (Fsp3) is 0.803. The lowest BCUT2D eigenvalue weighted by Crippen LogP contribution is -2.60. The number of carboxylic acids is 1. The smallest absolute Gasteiger partial charge is 0.327 e. The first-order chi connectivity index (χ1) is 46.1. The summed E-state index contributed by atoms with van der Waals surface area (Å²) in [4.78, 5) is 164. The molecule has 32 N–H and O–H groups in total. The third-order valence-electron chi connectivity index (χ3n) is 15.6. The van der Waals surface area contributed by atoms with Crippen molar-refractivity contribution in [2.75, 3.05) is 77.7 Å². The summed E-state index contributed by atoms with van der Waals surface area (Å²) in [6.45, 7) is 1.31. The number of nitrogens with two attached hydrogens (primary N) is 10. The molecule has 0 heterocycles. The molecular formula is C61H121N21O13S. The topological polar surface area (TPSA) is 618 Å². The molecule has 0 saturated carbocycles. The van der Waals surface area contributed by atoms with Crippen molar-refractivity contribution in [3.63, 3.8) is 0 Å². The van der Waals surface area contributed by atoms with Gasteiger partial charge in [-0.25, -0.2) is 4.79 Å². The van der Waals surface area contributed by atoms with Crippen LogP contribution in [0.3, 0.4) is 0 Å². The van der Waals surface area contributed by atoms with Gasteiger partial charge in [0.1, 0.15) is 54.4 Å². The average Bonchev–Trinajstić information content (AvgIpc) is 1.01. The van der Waals surface area contributed by atoms with Crippen molar-refractivity contribution in [3.05, 3.63) is 0 Å². The number of hydrogen-bond donors (Lipinski definition) is 23. The van der Waals surface area contributed by atoms with Gasteiger partial charge in [0.05, 0.1) is 19.1 Å². The van der Waals surface area contributed by atoms with Crippen LogP contribution in [0.4, 0.5) is 0 Å². The zero-order valence-electron chi connectivity index (χ0n) is 56.4. The Morgan fingerprint density at radius 2 is 0.469 bits per heavy atom. The van der Waals surface area contributed by atoms with Crippen molar-refractivity contribution < 1.29 is 62.6 Å². The molecule has 0 aliphatic heterocycles. The maximum Gasteiger partial charge on any atom is 0.327 e. The van der Waals surface area contributed by atoms with Gasteiger partial charge in [0.25, 0.3) is 0 Å². The van der Waals surface area contributed by atoms with Gasteiger partial charge < -0.3 is 121 Å². The summed E-state index contributed by atoms with van der Waals surface area (Å²) in [6.07, 6.45) is 8.87.